The Labute approximate surface area is 173 Å². The second kappa shape index (κ2) is 9.24. The molecule has 0 fully saturated rings. The quantitative estimate of drug-likeness (QED) is 0.552. The minimum atomic E-state index is 0.209. The molecule has 2 N–H and O–H groups in total. The first-order chi connectivity index (χ1) is 13.0. The number of hydrogen-bond donors (Lipinski definition) is 2. The molecule has 0 saturated heterocycles. The van der Waals surface area contributed by atoms with Gasteiger partial charge in [-0.05, 0) is 46.9 Å². The Kier molecular flexibility index (Phi) is 7.47. The first-order valence-electron chi connectivity index (χ1n) is 10.7. The molecule has 0 aliphatic carbocycles. The Bertz CT molecular complexity index is 650. The highest BCUT2D eigenvalue weighted by molar-refractivity contribution is 5.30. The summed E-state index contributed by atoms with van der Waals surface area (Å²) in [7, 11) is 0. The monoisotopic (exact) mass is 380 g/mol. The van der Waals surface area contributed by atoms with E-state index in [1.165, 1.54) is 22.3 Å². The molecule has 0 amide bonds. The van der Waals surface area contributed by atoms with E-state index in [0.717, 1.165) is 13.1 Å². The third kappa shape index (κ3) is 6.46. The first kappa shape index (κ1) is 22.6. The fourth-order valence-electron chi connectivity index (χ4n) is 3.36. The fraction of sp³-hybridized carbons (Fsp3) is 0.538. The summed E-state index contributed by atoms with van der Waals surface area (Å²) in [6.45, 7) is 19.9. The van der Waals surface area contributed by atoms with E-state index >= 15 is 0 Å². The minimum absolute atomic E-state index is 0.209. The van der Waals surface area contributed by atoms with Crippen molar-refractivity contribution in [3.05, 3.63) is 70.8 Å². The van der Waals surface area contributed by atoms with Gasteiger partial charge in [-0.15, -0.1) is 0 Å². The van der Waals surface area contributed by atoms with E-state index in [9.17, 15) is 0 Å². The second-order valence-electron chi connectivity index (χ2n) is 10.1. The molecule has 2 atom stereocenters. The van der Waals surface area contributed by atoms with E-state index in [4.69, 9.17) is 0 Å². The molecule has 2 rings (SSSR count). The van der Waals surface area contributed by atoms with Crippen LogP contribution in [0.5, 0.6) is 0 Å². The van der Waals surface area contributed by atoms with E-state index in [1.807, 2.05) is 0 Å². The molecular formula is C26H40N2. The average Bonchev–Trinajstić information content (AvgIpc) is 2.63. The predicted octanol–water partition coefficient (Wildman–Crippen LogP) is 6.28. The van der Waals surface area contributed by atoms with Crippen LogP contribution in [-0.4, -0.2) is 13.1 Å². The van der Waals surface area contributed by atoms with Crippen molar-refractivity contribution < 1.29 is 0 Å². The van der Waals surface area contributed by atoms with Gasteiger partial charge in [-0.2, -0.15) is 0 Å². The fourth-order valence-corrected chi connectivity index (χ4v) is 3.36. The molecular weight excluding hydrogens is 340 g/mol. The van der Waals surface area contributed by atoms with Crippen molar-refractivity contribution in [3.8, 4) is 0 Å². The van der Waals surface area contributed by atoms with Crippen LogP contribution in [0, 0.1) is 0 Å². The highest BCUT2D eigenvalue weighted by Gasteiger charge is 2.15. The van der Waals surface area contributed by atoms with Gasteiger partial charge in [-0.1, -0.05) is 90.1 Å². The van der Waals surface area contributed by atoms with Crippen LogP contribution in [0.2, 0.25) is 0 Å². The smallest absolute Gasteiger partial charge is 0.0292 e. The SMILES string of the molecule is C[C@@H](NCCN[C@H](C)c1ccc(C(C)(C)C)cc1)c1ccc(C(C)(C)C)cc1. The zero-order valence-electron chi connectivity index (χ0n) is 19.2. The van der Waals surface area contributed by atoms with Gasteiger partial charge in [-0.25, -0.2) is 0 Å². The van der Waals surface area contributed by atoms with Crippen LogP contribution in [0.3, 0.4) is 0 Å². The molecule has 2 nitrogen and oxygen atoms in total. The van der Waals surface area contributed by atoms with E-state index in [1.54, 1.807) is 0 Å². The summed E-state index contributed by atoms with van der Waals surface area (Å²) in [4.78, 5) is 0. The van der Waals surface area contributed by atoms with Crippen molar-refractivity contribution in [3.63, 3.8) is 0 Å². The Morgan fingerprint density at radius 2 is 0.857 bits per heavy atom. The largest absolute Gasteiger partial charge is 0.309 e. The van der Waals surface area contributed by atoms with Gasteiger partial charge >= 0.3 is 0 Å². The van der Waals surface area contributed by atoms with E-state index in [2.05, 4.69) is 115 Å². The normalized spacial score (nSPS) is 14.7. The molecule has 28 heavy (non-hydrogen) atoms. The molecule has 2 heteroatoms. The van der Waals surface area contributed by atoms with Crippen molar-refractivity contribution >= 4 is 0 Å². The van der Waals surface area contributed by atoms with Crippen LogP contribution < -0.4 is 10.6 Å². The van der Waals surface area contributed by atoms with Crippen molar-refractivity contribution in [2.45, 2.75) is 78.3 Å². The van der Waals surface area contributed by atoms with Gasteiger partial charge in [0.05, 0.1) is 0 Å². The van der Waals surface area contributed by atoms with E-state index < -0.39 is 0 Å². The number of benzene rings is 2. The third-order valence-electron chi connectivity index (χ3n) is 5.58. The summed E-state index contributed by atoms with van der Waals surface area (Å²) in [5.74, 6) is 0. The maximum Gasteiger partial charge on any atom is 0.0292 e. The molecule has 0 unspecified atom stereocenters. The zero-order chi connectivity index (χ0) is 20.9. The first-order valence-corrected chi connectivity index (χ1v) is 10.7. The molecule has 0 radical (unpaired) electrons. The molecule has 2 aromatic carbocycles. The second-order valence-corrected chi connectivity index (χ2v) is 10.1. The van der Waals surface area contributed by atoms with Gasteiger partial charge in [0.15, 0.2) is 0 Å². The molecule has 0 saturated carbocycles. The lowest BCUT2D eigenvalue weighted by Gasteiger charge is -2.22. The standard InChI is InChI=1S/C26H40N2/c1-19(21-9-13-23(14-10-21)25(3,4)5)27-17-18-28-20(2)22-11-15-24(16-12-22)26(6,7)8/h9-16,19-20,27-28H,17-18H2,1-8H3/t19-,20-/m1/s1. The lowest BCUT2D eigenvalue weighted by atomic mass is 9.86. The number of nitrogens with one attached hydrogen (secondary N) is 2. The van der Waals surface area contributed by atoms with Crippen LogP contribution in [-0.2, 0) is 10.8 Å². The topological polar surface area (TPSA) is 24.1 Å². The van der Waals surface area contributed by atoms with Crippen molar-refractivity contribution in [2.24, 2.45) is 0 Å². The average molecular weight is 381 g/mol. The summed E-state index contributed by atoms with van der Waals surface area (Å²) < 4.78 is 0. The Balaban J connectivity index is 1.78. The van der Waals surface area contributed by atoms with Crippen molar-refractivity contribution in [2.75, 3.05) is 13.1 Å². The van der Waals surface area contributed by atoms with Crippen molar-refractivity contribution in [1.82, 2.24) is 10.6 Å². The summed E-state index contributed by atoms with van der Waals surface area (Å²) in [5.41, 5.74) is 5.88. The Morgan fingerprint density at radius 1 is 0.571 bits per heavy atom. The van der Waals surface area contributed by atoms with Gasteiger partial charge < -0.3 is 10.6 Å². The Hall–Kier alpha value is -1.64. The molecule has 0 spiro atoms. The van der Waals surface area contributed by atoms with Crippen LogP contribution in [0.4, 0.5) is 0 Å². The van der Waals surface area contributed by atoms with Crippen molar-refractivity contribution in [1.29, 1.82) is 0 Å². The summed E-state index contributed by atoms with van der Waals surface area (Å²) in [5, 5.41) is 7.26. The minimum Gasteiger partial charge on any atom is -0.309 e. The van der Waals surface area contributed by atoms with Gasteiger partial charge in [0, 0.05) is 25.2 Å². The predicted molar refractivity (Wildman–Crippen MR) is 123 cm³/mol. The molecule has 2 aromatic rings. The summed E-state index contributed by atoms with van der Waals surface area (Å²) >= 11 is 0. The lowest BCUT2D eigenvalue weighted by molar-refractivity contribution is 0.511. The van der Waals surface area contributed by atoms with Crippen LogP contribution >= 0.6 is 0 Å². The van der Waals surface area contributed by atoms with E-state index in [0.29, 0.717) is 12.1 Å². The maximum atomic E-state index is 3.63. The summed E-state index contributed by atoms with van der Waals surface area (Å²) in [6.07, 6.45) is 0. The lowest BCUT2D eigenvalue weighted by Crippen LogP contribution is -2.30. The van der Waals surface area contributed by atoms with Gasteiger partial charge in [-0.3, -0.25) is 0 Å². The zero-order valence-corrected chi connectivity index (χ0v) is 19.2. The summed E-state index contributed by atoms with van der Waals surface area (Å²) in [6, 6.07) is 18.8. The maximum absolute atomic E-state index is 3.63. The van der Waals surface area contributed by atoms with Gasteiger partial charge in [0.25, 0.3) is 0 Å². The van der Waals surface area contributed by atoms with Gasteiger partial charge in [0.2, 0.25) is 0 Å². The third-order valence-corrected chi connectivity index (χ3v) is 5.58. The molecule has 154 valence electrons. The Morgan fingerprint density at radius 3 is 1.11 bits per heavy atom. The molecule has 0 bridgehead atoms. The molecule has 0 heterocycles. The highest BCUT2D eigenvalue weighted by Crippen LogP contribution is 2.25. The van der Waals surface area contributed by atoms with Gasteiger partial charge in [0.1, 0.15) is 0 Å². The molecule has 0 aromatic heterocycles. The van der Waals surface area contributed by atoms with E-state index in [-0.39, 0.29) is 10.8 Å². The highest BCUT2D eigenvalue weighted by atomic mass is 15.0. The van der Waals surface area contributed by atoms with Crippen LogP contribution in [0.15, 0.2) is 48.5 Å². The molecule has 0 aliphatic rings. The van der Waals surface area contributed by atoms with Crippen LogP contribution in [0.1, 0.15) is 89.7 Å². The number of hydrogen-bond acceptors (Lipinski definition) is 2. The molecule has 0 aliphatic heterocycles. The number of rotatable bonds is 7. The van der Waals surface area contributed by atoms with Crippen LogP contribution in [0.25, 0.3) is 0 Å².